The van der Waals surface area contributed by atoms with Gasteiger partial charge in [-0.05, 0) is 27.2 Å². The van der Waals surface area contributed by atoms with Crippen molar-refractivity contribution in [1.29, 1.82) is 0 Å². The lowest BCUT2D eigenvalue weighted by Crippen LogP contribution is -2.33. The van der Waals surface area contributed by atoms with E-state index >= 15 is 0 Å². The molecule has 2 atom stereocenters. The van der Waals surface area contributed by atoms with Crippen molar-refractivity contribution in [3.8, 4) is 0 Å². The number of hydrogen-bond donors (Lipinski definition) is 1. The maximum atomic E-state index is 12.1. The zero-order valence-electron chi connectivity index (χ0n) is 11.5. The van der Waals surface area contributed by atoms with Gasteiger partial charge in [0.2, 0.25) is 11.8 Å². The Morgan fingerprint density at radius 2 is 2.11 bits per heavy atom. The Bertz CT molecular complexity index is 479. The molecule has 1 aromatic rings. The highest BCUT2D eigenvalue weighted by Crippen LogP contribution is 2.40. The van der Waals surface area contributed by atoms with E-state index in [-0.39, 0.29) is 23.7 Å². The van der Waals surface area contributed by atoms with Crippen molar-refractivity contribution < 1.29 is 14.1 Å². The van der Waals surface area contributed by atoms with Crippen LogP contribution < -0.4 is 5.32 Å². The van der Waals surface area contributed by atoms with Gasteiger partial charge in [-0.2, -0.15) is 0 Å². The van der Waals surface area contributed by atoms with Gasteiger partial charge < -0.3 is 14.7 Å². The van der Waals surface area contributed by atoms with E-state index in [2.05, 4.69) is 10.5 Å². The van der Waals surface area contributed by atoms with Crippen molar-refractivity contribution in [3.63, 3.8) is 0 Å². The van der Waals surface area contributed by atoms with Gasteiger partial charge in [-0.1, -0.05) is 5.16 Å². The van der Waals surface area contributed by atoms with Crippen molar-refractivity contribution in [1.82, 2.24) is 10.1 Å². The summed E-state index contributed by atoms with van der Waals surface area (Å²) in [5.41, 5.74) is 0. The maximum absolute atomic E-state index is 12.1. The van der Waals surface area contributed by atoms with Crippen molar-refractivity contribution in [3.05, 3.63) is 11.8 Å². The lowest BCUT2D eigenvalue weighted by Gasteiger charge is -2.18. The highest BCUT2D eigenvalue weighted by atomic mass is 16.5. The topological polar surface area (TPSA) is 75.4 Å². The normalized spacial score (nSPS) is 21.0. The number of hydrogen-bond acceptors (Lipinski definition) is 4. The van der Waals surface area contributed by atoms with Crippen molar-refractivity contribution in [2.24, 2.45) is 11.8 Å². The third-order valence-corrected chi connectivity index (χ3v) is 3.40. The number of rotatable bonds is 5. The molecule has 0 aliphatic heterocycles. The summed E-state index contributed by atoms with van der Waals surface area (Å²) in [4.78, 5) is 25.7. The molecule has 1 aliphatic rings. The van der Waals surface area contributed by atoms with Crippen molar-refractivity contribution in [2.45, 2.75) is 27.2 Å². The number of amides is 2. The first-order valence-corrected chi connectivity index (χ1v) is 6.59. The quantitative estimate of drug-likeness (QED) is 0.873. The van der Waals surface area contributed by atoms with E-state index < -0.39 is 0 Å². The molecule has 1 aliphatic carbocycles. The third-order valence-electron chi connectivity index (χ3n) is 3.40. The Morgan fingerprint density at radius 3 is 2.63 bits per heavy atom. The molecule has 6 heteroatoms. The first-order chi connectivity index (χ1) is 9.06. The molecular formula is C13H19N3O3. The van der Waals surface area contributed by atoms with Gasteiger partial charge in [-0.15, -0.1) is 0 Å². The molecule has 0 bridgehead atoms. The minimum Gasteiger partial charge on any atom is -0.360 e. The fourth-order valence-electron chi connectivity index (χ4n) is 2.17. The molecule has 1 saturated carbocycles. The Morgan fingerprint density at radius 1 is 1.42 bits per heavy atom. The van der Waals surface area contributed by atoms with Crippen LogP contribution in [-0.2, 0) is 9.59 Å². The van der Waals surface area contributed by atoms with Crippen LogP contribution in [0.3, 0.4) is 0 Å². The molecule has 2 amide bonds. The molecule has 0 aromatic carbocycles. The van der Waals surface area contributed by atoms with Crippen LogP contribution in [0.1, 0.15) is 26.0 Å². The van der Waals surface area contributed by atoms with E-state index in [1.807, 2.05) is 13.8 Å². The zero-order chi connectivity index (χ0) is 14.0. The molecule has 2 rings (SSSR count). The van der Waals surface area contributed by atoms with Crippen molar-refractivity contribution >= 4 is 17.6 Å². The van der Waals surface area contributed by atoms with Gasteiger partial charge in [-0.3, -0.25) is 9.59 Å². The van der Waals surface area contributed by atoms with Gasteiger partial charge in [0.1, 0.15) is 5.76 Å². The van der Waals surface area contributed by atoms with E-state index in [9.17, 15) is 9.59 Å². The second kappa shape index (κ2) is 5.42. The second-order valence-corrected chi connectivity index (χ2v) is 4.77. The van der Waals surface area contributed by atoms with Gasteiger partial charge in [0.25, 0.3) is 0 Å². The number of aryl methyl sites for hydroxylation is 1. The van der Waals surface area contributed by atoms with Gasteiger partial charge in [0.15, 0.2) is 5.82 Å². The SMILES string of the molecule is CCN(CC)C(=O)C1CC1C(=O)Nc1cc(C)on1. The lowest BCUT2D eigenvalue weighted by molar-refractivity contribution is -0.133. The third kappa shape index (κ3) is 2.94. The standard InChI is InChI=1S/C13H19N3O3/c1-4-16(5-2)13(18)10-7-9(10)12(17)14-11-6-8(3)19-15-11/h6,9-10H,4-5,7H2,1-3H3,(H,14,15,17). The minimum absolute atomic E-state index is 0.0708. The summed E-state index contributed by atoms with van der Waals surface area (Å²) in [6, 6.07) is 1.65. The van der Waals surface area contributed by atoms with Crippen LogP contribution in [0.2, 0.25) is 0 Å². The number of carbonyl (C=O) groups is 2. The zero-order valence-corrected chi connectivity index (χ0v) is 11.5. The Balaban J connectivity index is 1.88. The Kier molecular flexibility index (Phi) is 3.87. The number of carbonyl (C=O) groups excluding carboxylic acids is 2. The number of aromatic nitrogens is 1. The summed E-state index contributed by atoms with van der Waals surface area (Å²) >= 11 is 0. The molecule has 1 aromatic heterocycles. The van der Waals surface area contributed by atoms with Crippen molar-refractivity contribution in [2.75, 3.05) is 18.4 Å². The smallest absolute Gasteiger partial charge is 0.229 e. The molecule has 0 radical (unpaired) electrons. The van der Waals surface area contributed by atoms with Crippen LogP contribution in [0.15, 0.2) is 10.6 Å². The Labute approximate surface area is 112 Å². The molecular weight excluding hydrogens is 246 g/mol. The Hall–Kier alpha value is -1.85. The van der Waals surface area contributed by atoms with Gasteiger partial charge in [-0.25, -0.2) is 0 Å². The largest absolute Gasteiger partial charge is 0.360 e. The predicted molar refractivity (Wildman–Crippen MR) is 69.4 cm³/mol. The molecule has 19 heavy (non-hydrogen) atoms. The number of nitrogens with one attached hydrogen (secondary N) is 1. The number of nitrogens with zero attached hydrogens (tertiary/aromatic N) is 2. The van der Waals surface area contributed by atoms with Crippen LogP contribution in [-0.4, -0.2) is 35.0 Å². The average Bonchev–Trinajstić information content (AvgIpc) is 3.09. The summed E-state index contributed by atoms with van der Waals surface area (Å²) in [6.07, 6.45) is 0.623. The van der Waals surface area contributed by atoms with E-state index in [1.54, 1.807) is 17.9 Å². The highest BCUT2D eigenvalue weighted by Gasteiger charge is 2.49. The summed E-state index contributed by atoms with van der Waals surface area (Å²) in [6.45, 7) is 7.01. The molecule has 6 nitrogen and oxygen atoms in total. The van der Waals surface area contributed by atoms with Gasteiger partial charge in [0.05, 0.1) is 11.8 Å². The molecule has 1 N–H and O–H groups in total. The van der Waals surface area contributed by atoms with E-state index in [0.29, 0.717) is 31.1 Å². The van der Waals surface area contributed by atoms with Gasteiger partial charge in [0, 0.05) is 19.2 Å². The molecule has 1 fully saturated rings. The number of anilines is 1. The molecule has 104 valence electrons. The maximum Gasteiger partial charge on any atom is 0.229 e. The average molecular weight is 265 g/mol. The van der Waals surface area contributed by atoms with Crippen LogP contribution in [0, 0.1) is 18.8 Å². The van der Waals surface area contributed by atoms with E-state index in [1.165, 1.54) is 0 Å². The fourth-order valence-corrected chi connectivity index (χ4v) is 2.17. The second-order valence-electron chi connectivity index (χ2n) is 4.77. The van der Waals surface area contributed by atoms with E-state index in [0.717, 1.165) is 0 Å². The van der Waals surface area contributed by atoms with E-state index in [4.69, 9.17) is 4.52 Å². The minimum atomic E-state index is -0.231. The molecule has 2 unspecified atom stereocenters. The lowest BCUT2D eigenvalue weighted by atomic mass is 10.2. The van der Waals surface area contributed by atoms with Crippen LogP contribution in [0.25, 0.3) is 0 Å². The summed E-state index contributed by atoms with van der Waals surface area (Å²) in [5, 5.41) is 6.37. The molecule has 1 heterocycles. The summed E-state index contributed by atoms with van der Waals surface area (Å²) in [5.74, 6) is 0.559. The summed E-state index contributed by atoms with van der Waals surface area (Å²) in [7, 11) is 0. The monoisotopic (exact) mass is 265 g/mol. The predicted octanol–water partition coefficient (Wildman–Crippen LogP) is 1.43. The summed E-state index contributed by atoms with van der Waals surface area (Å²) < 4.78 is 4.87. The fraction of sp³-hybridized carbons (Fsp3) is 0.615. The van der Waals surface area contributed by atoms with Crippen LogP contribution in [0.5, 0.6) is 0 Å². The highest BCUT2D eigenvalue weighted by molar-refractivity contribution is 5.99. The van der Waals surface area contributed by atoms with Crippen LogP contribution >= 0.6 is 0 Å². The van der Waals surface area contributed by atoms with Gasteiger partial charge >= 0.3 is 0 Å². The van der Waals surface area contributed by atoms with Crippen LogP contribution in [0.4, 0.5) is 5.82 Å². The first kappa shape index (κ1) is 13.6. The molecule has 0 spiro atoms. The first-order valence-electron chi connectivity index (χ1n) is 6.59. The molecule has 0 saturated heterocycles.